The van der Waals surface area contributed by atoms with Gasteiger partial charge in [-0.2, -0.15) is 13.2 Å². The van der Waals surface area contributed by atoms with E-state index in [0.29, 0.717) is 12.1 Å². The van der Waals surface area contributed by atoms with E-state index in [1.54, 1.807) is 6.92 Å². The quantitative estimate of drug-likeness (QED) is 0.777. The van der Waals surface area contributed by atoms with Crippen LogP contribution in [0.3, 0.4) is 0 Å². The monoisotopic (exact) mass is 264 g/mol. The van der Waals surface area contributed by atoms with Crippen LogP contribution in [0.25, 0.3) is 0 Å². The molecule has 1 aromatic carbocycles. The van der Waals surface area contributed by atoms with Crippen LogP contribution in [0.15, 0.2) is 18.2 Å². The first-order valence-corrected chi connectivity index (χ1v) is 5.23. The SMILES string of the molecule is CC(=O)CC(C)Oc1ccc(F)c(C(F)(F)F)c1. The van der Waals surface area contributed by atoms with Gasteiger partial charge in [0.25, 0.3) is 0 Å². The summed E-state index contributed by atoms with van der Waals surface area (Å²) in [5.74, 6) is -1.60. The molecule has 0 fully saturated rings. The van der Waals surface area contributed by atoms with Gasteiger partial charge in [-0.15, -0.1) is 0 Å². The smallest absolute Gasteiger partial charge is 0.419 e. The summed E-state index contributed by atoms with van der Waals surface area (Å²) < 4.78 is 55.4. The maximum absolute atomic E-state index is 13.0. The Morgan fingerprint density at radius 1 is 1.39 bits per heavy atom. The number of ether oxygens (including phenoxy) is 1. The molecule has 0 amide bonds. The fourth-order valence-electron chi connectivity index (χ4n) is 1.47. The zero-order valence-corrected chi connectivity index (χ0v) is 9.84. The van der Waals surface area contributed by atoms with E-state index in [0.717, 1.165) is 6.07 Å². The molecule has 1 rings (SSSR count). The summed E-state index contributed by atoms with van der Waals surface area (Å²) in [7, 11) is 0. The number of carbonyl (C=O) groups excluding carboxylic acids is 1. The number of halogens is 4. The van der Waals surface area contributed by atoms with Crippen LogP contribution in [0, 0.1) is 5.82 Å². The van der Waals surface area contributed by atoms with Gasteiger partial charge in [0.1, 0.15) is 23.5 Å². The normalized spacial score (nSPS) is 13.2. The average molecular weight is 264 g/mol. The number of hydrogen-bond acceptors (Lipinski definition) is 2. The molecule has 0 aliphatic carbocycles. The van der Waals surface area contributed by atoms with E-state index in [-0.39, 0.29) is 18.0 Å². The maximum Gasteiger partial charge on any atom is 0.419 e. The van der Waals surface area contributed by atoms with Gasteiger partial charge in [-0.1, -0.05) is 0 Å². The van der Waals surface area contributed by atoms with E-state index in [1.807, 2.05) is 0 Å². The summed E-state index contributed by atoms with van der Waals surface area (Å²) in [6.45, 7) is 2.91. The Balaban J connectivity index is 2.89. The molecule has 0 saturated carbocycles. The molecule has 1 atom stereocenters. The van der Waals surface area contributed by atoms with Gasteiger partial charge in [0.15, 0.2) is 0 Å². The van der Waals surface area contributed by atoms with Gasteiger partial charge in [-0.25, -0.2) is 4.39 Å². The minimum atomic E-state index is -4.77. The Hall–Kier alpha value is -1.59. The molecule has 0 spiro atoms. The zero-order valence-electron chi connectivity index (χ0n) is 9.84. The fraction of sp³-hybridized carbons (Fsp3) is 0.417. The van der Waals surface area contributed by atoms with Crippen LogP contribution in [-0.4, -0.2) is 11.9 Å². The van der Waals surface area contributed by atoms with Crippen molar-refractivity contribution >= 4 is 5.78 Å². The molecule has 0 aliphatic heterocycles. The number of Topliss-reactive ketones (excluding diaryl/α,β-unsaturated/α-hetero) is 1. The van der Waals surface area contributed by atoms with Crippen molar-refractivity contribution in [2.45, 2.75) is 32.5 Å². The van der Waals surface area contributed by atoms with Gasteiger partial charge < -0.3 is 4.74 Å². The lowest BCUT2D eigenvalue weighted by molar-refractivity contribution is -0.140. The molecule has 1 unspecified atom stereocenters. The van der Waals surface area contributed by atoms with Gasteiger partial charge in [-0.3, -0.25) is 4.79 Å². The van der Waals surface area contributed by atoms with Crippen molar-refractivity contribution < 1.29 is 27.1 Å². The highest BCUT2D eigenvalue weighted by Gasteiger charge is 2.34. The van der Waals surface area contributed by atoms with Crippen molar-refractivity contribution in [1.82, 2.24) is 0 Å². The Kier molecular flexibility index (Phi) is 4.32. The molecule has 0 aromatic heterocycles. The summed E-state index contributed by atoms with van der Waals surface area (Å²) in [5.41, 5.74) is -1.38. The number of carbonyl (C=O) groups is 1. The maximum atomic E-state index is 13.0. The summed E-state index contributed by atoms with van der Waals surface area (Å²) >= 11 is 0. The predicted octanol–water partition coefficient (Wildman–Crippen LogP) is 3.59. The molecule has 0 radical (unpaired) electrons. The molecule has 100 valence electrons. The molecule has 0 bridgehead atoms. The van der Waals surface area contributed by atoms with Gasteiger partial charge in [0, 0.05) is 6.42 Å². The molecule has 0 aliphatic rings. The predicted molar refractivity (Wildman–Crippen MR) is 56.8 cm³/mol. The van der Waals surface area contributed by atoms with Crippen LogP contribution >= 0.6 is 0 Å². The zero-order chi connectivity index (χ0) is 13.9. The second-order valence-electron chi connectivity index (χ2n) is 3.97. The van der Waals surface area contributed by atoms with Crippen LogP contribution in [0.4, 0.5) is 17.6 Å². The van der Waals surface area contributed by atoms with E-state index >= 15 is 0 Å². The van der Waals surface area contributed by atoms with E-state index in [4.69, 9.17) is 4.74 Å². The Labute approximate surface area is 102 Å². The van der Waals surface area contributed by atoms with Crippen LogP contribution < -0.4 is 4.74 Å². The van der Waals surface area contributed by atoms with Crippen LogP contribution in [0.1, 0.15) is 25.8 Å². The summed E-state index contributed by atoms with van der Waals surface area (Å²) in [6.07, 6.45) is -5.25. The number of rotatable bonds is 4. The first kappa shape index (κ1) is 14.5. The number of ketones is 1. The second-order valence-corrected chi connectivity index (χ2v) is 3.97. The summed E-state index contributed by atoms with van der Waals surface area (Å²) in [5, 5.41) is 0. The van der Waals surface area contributed by atoms with Crippen molar-refractivity contribution in [2.24, 2.45) is 0 Å². The Bertz CT molecular complexity index is 440. The average Bonchev–Trinajstić information content (AvgIpc) is 2.17. The van der Waals surface area contributed by atoms with E-state index in [1.165, 1.54) is 6.92 Å². The fourth-order valence-corrected chi connectivity index (χ4v) is 1.47. The lowest BCUT2D eigenvalue weighted by Gasteiger charge is -2.15. The van der Waals surface area contributed by atoms with Gasteiger partial charge in [0.2, 0.25) is 0 Å². The molecular formula is C12H12F4O2. The summed E-state index contributed by atoms with van der Waals surface area (Å²) in [6, 6.07) is 2.38. The lowest BCUT2D eigenvalue weighted by Crippen LogP contribution is -2.16. The Morgan fingerprint density at radius 3 is 2.50 bits per heavy atom. The van der Waals surface area contributed by atoms with Crippen molar-refractivity contribution in [2.75, 3.05) is 0 Å². The van der Waals surface area contributed by atoms with Crippen molar-refractivity contribution in [1.29, 1.82) is 0 Å². The van der Waals surface area contributed by atoms with Crippen LogP contribution in [-0.2, 0) is 11.0 Å². The van der Waals surface area contributed by atoms with Gasteiger partial charge in [0.05, 0.1) is 5.56 Å². The standard InChI is InChI=1S/C12H12F4O2/c1-7(17)5-8(2)18-9-3-4-11(13)10(6-9)12(14,15)16/h3-4,6,8H,5H2,1-2H3. The largest absolute Gasteiger partial charge is 0.490 e. The van der Waals surface area contributed by atoms with Crippen molar-refractivity contribution in [3.05, 3.63) is 29.6 Å². The molecule has 6 heteroatoms. The van der Waals surface area contributed by atoms with Crippen molar-refractivity contribution in [3.8, 4) is 5.75 Å². The molecular weight excluding hydrogens is 252 g/mol. The molecule has 18 heavy (non-hydrogen) atoms. The highest BCUT2D eigenvalue weighted by Crippen LogP contribution is 2.33. The molecule has 0 saturated heterocycles. The van der Waals surface area contributed by atoms with E-state index < -0.39 is 23.7 Å². The third-order valence-electron chi connectivity index (χ3n) is 2.16. The minimum Gasteiger partial charge on any atom is -0.490 e. The third kappa shape index (κ3) is 4.01. The highest BCUT2D eigenvalue weighted by atomic mass is 19.4. The Morgan fingerprint density at radius 2 is 2.00 bits per heavy atom. The van der Waals surface area contributed by atoms with Crippen LogP contribution in [0.2, 0.25) is 0 Å². The lowest BCUT2D eigenvalue weighted by atomic mass is 10.2. The minimum absolute atomic E-state index is 0.0821. The highest BCUT2D eigenvalue weighted by molar-refractivity contribution is 5.75. The van der Waals surface area contributed by atoms with Crippen molar-refractivity contribution in [3.63, 3.8) is 0 Å². The first-order valence-electron chi connectivity index (χ1n) is 5.23. The van der Waals surface area contributed by atoms with Gasteiger partial charge >= 0.3 is 6.18 Å². The molecule has 0 N–H and O–H groups in total. The van der Waals surface area contributed by atoms with Gasteiger partial charge in [-0.05, 0) is 32.0 Å². The summed E-state index contributed by atoms with van der Waals surface area (Å²) in [4.78, 5) is 10.8. The van der Waals surface area contributed by atoms with Crippen LogP contribution in [0.5, 0.6) is 5.75 Å². The van der Waals surface area contributed by atoms with E-state index in [9.17, 15) is 22.4 Å². The molecule has 2 nitrogen and oxygen atoms in total. The first-order chi connectivity index (χ1) is 8.20. The number of benzene rings is 1. The number of alkyl halides is 3. The number of hydrogen-bond donors (Lipinski definition) is 0. The second kappa shape index (κ2) is 5.37. The van der Waals surface area contributed by atoms with E-state index in [2.05, 4.69) is 0 Å². The molecule has 1 aromatic rings. The topological polar surface area (TPSA) is 26.3 Å². The molecule has 0 heterocycles. The third-order valence-corrected chi connectivity index (χ3v) is 2.16.